The maximum absolute atomic E-state index is 2.40. The Labute approximate surface area is 395 Å². The molecule has 0 aliphatic rings. The summed E-state index contributed by atoms with van der Waals surface area (Å²) in [6.45, 7) is 0. The minimum absolute atomic E-state index is 1.09. The summed E-state index contributed by atoms with van der Waals surface area (Å²) in [7, 11) is 0. The van der Waals surface area contributed by atoms with Crippen molar-refractivity contribution in [3.8, 4) is 71.1 Å². The third-order valence-corrected chi connectivity index (χ3v) is 14.1. The standard InChI is InChI=1S/C64H44N2S/c1-5-13-45(14-6-1)47-25-33-56(34-26-47)65(57-35-27-48(28-36-57)46-15-7-2-8-16-46)58-37-29-50(30-38-58)54-32-40-62-60(44-54)59-43-53(31-39-61(59)66(62)55-19-11-4-12-20-55)49-21-23-52(24-22-49)64-42-41-63(67-64)51-17-9-3-10-18-51/h1-44H. The largest absolute Gasteiger partial charge is 0.311 e. The average molecular weight is 873 g/mol. The molecule has 0 saturated carbocycles. The number of hydrogen-bond acceptors (Lipinski definition) is 2. The van der Waals surface area contributed by atoms with Gasteiger partial charge >= 0.3 is 0 Å². The van der Waals surface area contributed by atoms with Gasteiger partial charge in [0, 0.05) is 43.3 Å². The number of para-hydroxylation sites is 1. The van der Waals surface area contributed by atoms with Crippen LogP contribution in [0.25, 0.3) is 92.9 Å². The van der Waals surface area contributed by atoms with Crippen molar-refractivity contribution in [2.24, 2.45) is 0 Å². The van der Waals surface area contributed by atoms with E-state index in [0.29, 0.717) is 0 Å². The molecule has 12 rings (SSSR count). The van der Waals surface area contributed by atoms with Gasteiger partial charge in [-0.05, 0) is 141 Å². The van der Waals surface area contributed by atoms with Crippen molar-refractivity contribution in [3.05, 3.63) is 267 Å². The quantitative estimate of drug-likeness (QED) is 0.133. The normalized spacial score (nSPS) is 11.3. The molecular formula is C64H44N2S. The van der Waals surface area contributed by atoms with E-state index in [-0.39, 0.29) is 0 Å². The van der Waals surface area contributed by atoms with Crippen molar-refractivity contribution in [1.29, 1.82) is 0 Å². The van der Waals surface area contributed by atoms with Crippen molar-refractivity contribution in [2.75, 3.05) is 4.90 Å². The van der Waals surface area contributed by atoms with Crippen LogP contribution in [0.5, 0.6) is 0 Å². The second kappa shape index (κ2) is 17.5. The topological polar surface area (TPSA) is 8.17 Å². The van der Waals surface area contributed by atoms with Gasteiger partial charge in [0.05, 0.1) is 11.0 Å². The van der Waals surface area contributed by atoms with E-state index in [1.807, 2.05) is 11.3 Å². The van der Waals surface area contributed by atoms with Gasteiger partial charge in [0.2, 0.25) is 0 Å². The molecular weight excluding hydrogens is 829 g/mol. The molecule has 12 aromatic rings. The molecule has 2 aromatic heterocycles. The van der Waals surface area contributed by atoms with Gasteiger partial charge in [0.15, 0.2) is 0 Å². The second-order valence-electron chi connectivity index (χ2n) is 17.0. The average Bonchev–Trinajstić information content (AvgIpc) is 4.04. The summed E-state index contributed by atoms with van der Waals surface area (Å²) in [5.41, 5.74) is 18.9. The van der Waals surface area contributed by atoms with E-state index >= 15 is 0 Å². The van der Waals surface area contributed by atoms with Crippen LogP contribution in [-0.4, -0.2) is 4.57 Å². The maximum Gasteiger partial charge on any atom is 0.0541 e. The fourth-order valence-corrected chi connectivity index (χ4v) is 10.4. The smallest absolute Gasteiger partial charge is 0.0541 e. The first-order valence-corrected chi connectivity index (χ1v) is 23.6. The third-order valence-electron chi connectivity index (χ3n) is 12.9. The highest BCUT2D eigenvalue weighted by atomic mass is 32.1. The second-order valence-corrected chi connectivity index (χ2v) is 18.0. The van der Waals surface area contributed by atoms with Gasteiger partial charge in [-0.3, -0.25) is 0 Å². The number of rotatable bonds is 10. The third kappa shape index (κ3) is 7.82. The monoisotopic (exact) mass is 872 g/mol. The molecule has 0 fully saturated rings. The molecule has 316 valence electrons. The summed E-state index contributed by atoms with van der Waals surface area (Å²) in [6.07, 6.45) is 0. The Morgan fingerprint density at radius 1 is 0.254 bits per heavy atom. The SMILES string of the molecule is c1ccc(-c2ccc(N(c3ccc(-c4ccccc4)cc3)c3ccc(-c4ccc5c(c4)c4cc(-c6ccc(-c7ccc(-c8ccccc8)s7)cc6)ccc4n5-c4ccccc4)cc3)cc2)cc1. The molecule has 0 amide bonds. The van der Waals surface area contributed by atoms with Crippen LogP contribution >= 0.6 is 11.3 Å². The molecule has 2 nitrogen and oxygen atoms in total. The Morgan fingerprint density at radius 3 is 0.970 bits per heavy atom. The van der Waals surface area contributed by atoms with Crippen molar-refractivity contribution in [3.63, 3.8) is 0 Å². The lowest BCUT2D eigenvalue weighted by molar-refractivity contribution is 1.18. The zero-order chi connectivity index (χ0) is 44.5. The van der Waals surface area contributed by atoms with E-state index in [1.54, 1.807) is 0 Å². The van der Waals surface area contributed by atoms with Crippen molar-refractivity contribution < 1.29 is 0 Å². The Balaban J connectivity index is 0.901. The molecule has 0 aliphatic carbocycles. The highest BCUT2D eigenvalue weighted by Gasteiger charge is 2.17. The first-order valence-electron chi connectivity index (χ1n) is 22.8. The minimum Gasteiger partial charge on any atom is -0.311 e. The van der Waals surface area contributed by atoms with Crippen LogP contribution in [0.1, 0.15) is 0 Å². The van der Waals surface area contributed by atoms with Crippen LogP contribution in [0, 0.1) is 0 Å². The Bertz CT molecular complexity index is 3530. The minimum atomic E-state index is 1.09. The molecule has 0 unspecified atom stereocenters. The number of thiophene rings is 1. The maximum atomic E-state index is 2.40. The van der Waals surface area contributed by atoms with Crippen LogP contribution in [0.4, 0.5) is 17.1 Å². The van der Waals surface area contributed by atoms with Crippen LogP contribution in [-0.2, 0) is 0 Å². The fourth-order valence-electron chi connectivity index (χ4n) is 9.43. The molecule has 2 heterocycles. The van der Waals surface area contributed by atoms with Gasteiger partial charge < -0.3 is 9.47 Å². The number of fused-ring (bicyclic) bond motifs is 3. The summed E-state index contributed by atoms with van der Waals surface area (Å²) < 4.78 is 2.40. The van der Waals surface area contributed by atoms with E-state index in [2.05, 4.69) is 276 Å². The molecule has 67 heavy (non-hydrogen) atoms. The molecule has 3 heteroatoms. The fraction of sp³-hybridized carbons (Fsp3) is 0. The molecule has 0 N–H and O–H groups in total. The number of nitrogens with zero attached hydrogens (tertiary/aromatic N) is 2. The molecule has 0 atom stereocenters. The molecule has 0 saturated heterocycles. The highest BCUT2D eigenvalue weighted by Crippen LogP contribution is 2.41. The van der Waals surface area contributed by atoms with Crippen molar-refractivity contribution in [2.45, 2.75) is 0 Å². The number of hydrogen-bond donors (Lipinski definition) is 0. The van der Waals surface area contributed by atoms with Crippen LogP contribution in [0.15, 0.2) is 267 Å². The van der Waals surface area contributed by atoms with Crippen LogP contribution in [0.2, 0.25) is 0 Å². The van der Waals surface area contributed by atoms with Gasteiger partial charge in [0.25, 0.3) is 0 Å². The number of benzene rings is 10. The lowest BCUT2D eigenvalue weighted by atomic mass is 9.99. The summed E-state index contributed by atoms with van der Waals surface area (Å²) in [6, 6.07) is 96.7. The number of anilines is 3. The zero-order valence-corrected chi connectivity index (χ0v) is 37.5. The summed E-state index contributed by atoms with van der Waals surface area (Å²) >= 11 is 1.84. The van der Waals surface area contributed by atoms with Crippen LogP contribution < -0.4 is 4.90 Å². The van der Waals surface area contributed by atoms with E-state index in [0.717, 1.165) is 22.7 Å². The highest BCUT2D eigenvalue weighted by molar-refractivity contribution is 7.18. The molecule has 10 aromatic carbocycles. The Morgan fingerprint density at radius 2 is 0.552 bits per heavy atom. The van der Waals surface area contributed by atoms with Gasteiger partial charge in [0.1, 0.15) is 0 Å². The van der Waals surface area contributed by atoms with Gasteiger partial charge in [-0.25, -0.2) is 0 Å². The van der Waals surface area contributed by atoms with E-state index in [4.69, 9.17) is 0 Å². The summed E-state index contributed by atoms with van der Waals surface area (Å²) in [5, 5.41) is 2.46. The van der Waals surface area contributed by atoms with Crippen molar-refractivity contribution in [1.82, 2.24) is 4.57 Å². The predicted octanol–water partition coefficient (Wildman–Crippen LogP) is 18.3. The number of aromatic nitrogens is 1. The molecule has 0 radical (unpaired) electrons. The molecule has 0 spiro atoms. The lowest BCUT2D eigenvalue weighted by Gasteiger charge is -2.26. The van der Waals surface area contributed by atoms with E-state index < -0.39 is 0 Å². The predicted molar refractivity (Wildman–Crippen MR) is 286 cm³/mol. The van der Waals surface area contributed by atoms with E-state index in [1.165, 1.54) is 87.2 Å². The van der Waals surface area contributed by atoms with Gasteiger partial charge in [-0.1, -0.05) is 182 Å². The Hall–Kier alpha value is -8.50. The van der Waals surface area contributed by atoms with Crippen molar-refractivity contribution >= 4 is 50.2 Å². The zero-order valence-electron chi connectivity index (χ0n) is 36.7. The van der Waals surface area contributed by atoms with Crippen LogP contribution in [0.3, 0.4) is 0 Å². The van der Waals surface area contributed by atoms with Gasteiger partial charge in [-0.2, -0.15) is 0 Å². The first kappa shape index (κ1) is 40.0. The summed E-state index contributed by atoms with van der Waals surface area (Å²) in [4.78, 5) is 4.91. The summed E-state index contributed by atoms with van der Waals surface area (Å²) in [5.74, 6) is 0. The Kier molecular flexibility index (Phi) is 10.4. The van der Waals surface area contributed by atoms with Gasteiger partial charge in [-0.15, -0.1) is 11.3 Å². The lowest BCUT2D eigenvalue weighted by Crippen LogP contribution is -2.09. The first-order chi connectivity index (χ1) is 33.2. The molecule has 0 bridgehead atoms. The van der Waals surface area contributed by atoms with E-state index in [9.17, 15) is 0 Å². The molecule has 0 aliphatic heterocycles.